The summed E-state index contributed by atoms with van der Waals surface area (Å²) >= 11 is 6.37. The van der Waals surface area contributed by atoms with Crippen molar-refractivity contribution in [3.63, 3.8) is 0 Å². The number of hydrogen-bond donors (Lipinski definition) is 0. The van der Waals surface area contributed by atoms with Crippen molar-refractivity contribution in [2.45, 2.75) is 70.2 Å². The van der Waals surface area contributed by atoms with E-state index >= 15 is 0 Å². The first kappa shape index (κ1) is 28.4. The van der Waals surface area contributed by atoms with Crippen LogP contribution in [0, 0.1) is 17.1 Å². The molecule has 5 rings (SSSR count). The highest BCUT2D eigenvalue weighted by molar-refractivity contribution is 6.33. The number of hydrogen-bond acceptors (Lipinski definition) is 8. The van der Waals surface area contributed by atoms with Gasteiger partial charge in [-0.25, -0.2) is 4.39 Å². The zero-order valence-corrected chi connectivity index (χ0v) is 24.4. The number of benzene rings is 1. The molecule has 3 atom stereocenters. The van der Waals surface area contributed by atoms with Crippen LogP contribution in [-0.2, 0) is 13.0 Å². The van der Waals surface area contributed by atoms with E-state index in [1.54, 1.807) is 6.07 Å². The van der Waals surface area contributed by atoms with Crippen molar-refractivity contribution < 1.29 is 9.13 Å². The highest BCUT2D eigenvalue weighted by atomic mass is 35.5. The van der Waals surface area contributed by atoms with Crippen LogP contribution in [0.2, 0.25) is 5.02 Å². The van der Waals surface area contributed by atoms with Crippen LogP contribution in [-0.4, -0.2) is 78.2 Å². The zero-order valence-electron chi connectivity index (χ0n) is 23.7. The molecule has 3 heterocycles. The summed E-state index contributed by atoms with van der Waals surface area (Å²) in [6, 6.07) is 8.07. The molecule has 1 saturated heterocycles. The summed E-state index contributed by atoms with van der Waals surface area (Å²) in [4.78, 5) is 18.9. The van der Waals surface area contributed by atoms with Gasteiger partial charge in [-0.3, -0.25) is 0 Å². The summed E-state index contributed by atoms with van der Waals surface area (Å²) < 4.78 is 20.9. The quantitative estimate of drug-likeness (QED) is 0.462. The highest BCUT2D eigenvalue weighted by Gasteiger charge is 2.33. The highest BCUT2D eigenvalue weighted by Crippen LogP contribution is 2.36. The van der Waals surface area contributed by atoms with E-state index in [0.29, 0.717) is 50.2 Å². The molecule has 0 amide bonds. The first-order valence-corrected chi connectivity index (χ1v) is 14.7. The molecule has 214 valence electrons. The molecule has 1 aromatic carbocycles. The number of nitriles is 1. The second-order valence-corrected chi connectivity index (χ2v) is 11.5. The Hall–Kier alpha value is -3.09. The molecule has 1 saturated carbocycles. The van der Waals surface area contributed by atoms with Crippen molar-refractivity contribution in [2.24, 2.45) is 0 Å². The number of fused-ring (bicyclic) bond motifs is 1. The molecule has 40 heavy (non-hydrogen) atoms. The Bertz CT molecular complexity index is 1270. The molecule has 8 nitrogen and oxygen atoms in total. The average Bonchev–Trinajstić information content (AvgIpc) is 2.95. The van der Waals surface area contributed by atoms with Gasteiger partial charge in [-0.05, 0) is 65.0 Å². The third-order valence-electron chi connectivity index (χ3n) is 8.38. The third-order valence-corrected chi connectivity index (χ3v) is 8.75. The fourth-order valence-corrected chi connectivity index (χ4v) is 6.57. The molecular formula is C30H39ClFN7O. The fourth-order valence-electron chi connectivity index (χ4n) is 6.32. The van der Waals surface area contributed by atoms with Gasteiger partial charge in [0.15, 0.2) is 0 Å². The molecule has 2 unspecified atom stereocenters. The van der Waals surface area contributed by atoms with Crippen molar-refractivity contribution in [2.75, 3.05) is 50.1 Å². The lowest BCUT2D eigenvalue weighted by Gasteiger charge is -2.42. The van der Waals surface area contributed by atoms with Gasteiger partial charge in [0, 0.05) is 37.8 Å². The Morgan fingerprint density at radius 2 is 2.00 bits per heavy atom. The van der Waals surface area contributed by atoms with Gasteiger partial charge in [0.05, 0.1) is 41.5 Å². The monoisotopic (exact) mass is 567 g/mol. The Morgan fingerprint density at radius 1 is 1.18 bits per heavy atom. The standard InChI is InChI=1S/C30H39ClFN7O/c1-4-15-37-17-18-39(19-21(37)12-14-33)29-22-13-16-38(26-10-7-8-23(32)28(26)31)20-24(22)34-30(35-29)40-27-11-6-5-9-25(27)36(2)3/h4,7-8,10,15,21,25,27H,5-6,9,11-13,16-20H2,1-3H3/t21-,25?,27?/m0/s1. The number of likely N-dealkylation sites (N-methyl/N-ethyl adjacent to an activating group) is 1. The number of allylic oxidation sites excluding steroid dienone is 1. The third kappa shape index (κ3) is 5.98. The van der Waals surface area contributed by atoms with Crippen LogP contribution < -0.4 is 14.5 Å². The van der Waals surface area contributed by atoms with Gasteiger partial charge in [-0.1, -0.05) is 30.2 Å². The van der Waals surface area contributed by atoms with Crippen LogP contribution in [0.4, 0.5) is 15.9 Å². The minimum Gasteiger partial charge on any atom is -0.458 e. The number of piperazine rings is 1. The molecule has 0 bridgehead atoms. The van der Waals surface area contributed by atoms with Crippen molar-refractivity contribution in [1.29, 1.82) is 5.26 Å². The second kappa shape index (κ2) is 12.6. The molecule has 0 spiro atoms. The Kier molecular flexibility index (Phi) is 8.97. The largest absolute Gasteiger partial charge is 0.458 e. The Balaban J connectivity index is 1.50. The van der Waals surface area contributed by atoms with Crippen LogP contribution in [0.3, 0.4) is 0 Å². The van der Waals surface area contributed by atoms with Crippen LogP contribution in [0.15, 0.2) is 30.5 Å². The predicted octanol–water partition coefficient (Wildman–Crippen LogP) is 5.02. The van der Waals surface area contributed by atoms with Crippen molar-refractivity contribution in [1.82, 2.24) is 19.8 Å². The first-order valence-electron chi connectivity index (χ1n) is 14.3. The summed E-state index contributed by atoms with van der Waals surface area (Å²) in [5.74, 6) is 0.470. The van der Waals surface area contributed by atoms with E-state index in [4.69, 9.17) is 26.3 Å². The maximum atomic E-state index is 14.3. The van der Waals surface area contributed by atoms with E-state index in [1.807, 2.05) is 19.1 Å². The molecular weight excluding hydrogens is 529 g/mol. The second-order valence-electron chi connectivity index (χ2n) is 11.2. The molecule has 1 aromatic heterocycles. The smallest absolute Gasteiger partial charge is 0.319 e. The van der Waals surface area contributed by atoms with Crippen molar-refractivity contribution in [3.05, 3.63) is 52.6 Å². The maximum Gasteiger partial charge on any atom is 0.319 e. The first-order chi connectivity index (χ1) is 19.4. The molecule has 3 aliphatic rings. The Morgan fingerprint density at radius 3 is 2.77 bits per heavy atom. The number of ether oxygens (including phenoxy) is 1. The summed E-state index contributed by atoms with van der Waals surface area (Å²) in [7, 11) is 4.21. The lowest BCUT2D eigenvalue weighted by atomic mass is 9.92. The van der Waals surface area contributed by atoms with E-state index in [-0.39, 0.29) is 17.2 Å². The molecule has 1 aliphatic carbocycles. The number of anilines is 2. The van der Waals surface area contributed by atoms with Crippen LogP contribution in [0.1, 0.15) is 50.3 Å². The van der Waals surface area contributed by atoms with Gasteiger partial charge in [0.25, 0.3) is 0 Å². The van der Waals surface area contributed by atoms with Gasteiger partial charge < -0.3 is 24.3 Å². The van der Waals surface area contributed by atoms with E-state index in [1.165, 1.54) is 12.5 Å². The van der Waals surface area contributed by atoms with Crippen LogP contribution in [0.5, 0.6) is 6.01 Å². The molecule has 0 N–H and O–H groups in total. The van der Waals surface area contributed by atoms with Gasteiger partial charge in [-0.15, -0.1) is 0 Å². The molecule has 2 aromatic rings. The summed E-state index contributed by atoms with van der Waals surface area (Å²) in [5.41, 5.74) is 2.65. The van der Waals surface area contributed by atoms with E-state index < -0.39 is 5.82 Å². The number of nitrogens with zero attached hydrogens (tertiary/aromatic N) is 7. The van der Waals surface area contributed by atoms with Gasteiger partial charge in [-0.2, -0.15) is 15.2 Å². The Labute approximate surface area is 242 Å². The van der Waals surface area contributed by atoms with Crippen molar-refractivity contribution >= 4 is 23.1 Å². The van der Waals surface area contributed by atoms with Gasteiger partial charge in [0.2, 0.25) is 0 Å². The molecule has 2 fully saturated rings. The fraction of sp³-hybridized carbons (Fsp3) is 0.567. The predicted molar refractivity (Wildman–Crippen MR) is 156 cm³/mol. The number of halogens is 2. The normalized spacial score (nSPS) is 23.4. The van der Waals surface area contributed by atoms with E-state index in [0.717, 1.165) is 49.4 Å². The zero-order chi connectivity index (χ0) is 28.2. The number of aromatic nitrogens is 2. The summed E-state index contributed by atoms with van der Waals surface area (Å²) in [6.45, 7) is 5.47. The SMILES string of the molecule is CC=CN1CCN(c2nc(OC3CCCCC3N(C)C)nc3c2CCN(c2cccc(F)c2Cl)C3)C[C@@H]1CC#N. The van der Waals surface area contributed by atoms with Crippen LogP contribution >= 0.6 is 11.6 Å². The maximum absolute atomic E-state index is 14.3. The van der Waals surface area contributed by atoms with E-state index in [2.05, 4.69) is 46.0 Å². The lowest BCUT2D eigenvalue weighted by molar-refractivity contribution is 0.0549. The topological polar surface area (TPSA) is 71.8 Å². The number of rotatable bonds is 7. The van der Waals surface area contributed by atoms with Crippen molar-refractivity contribution in [3.8, 4) is 12.1 Å². The summed E-state index contributed by atoms with van der Waals surface area (Å²) in [6.07, 6.45) is 9.64. The minimum absolute atomic E-state index is 0.0184. The van der Waals surface area contributed by atoms with Crippen LogP contribution in [0.25, 0.3) is 0 Å². The molecule has 2 aliphatic heterocycles. The van der Waals surface area contributed by atoms with Gasteiger partial charge in [0.1, 0.15) is 17.7 Å². The minimum atomic E-state index is -0.424. The summed E-state index contributed by atoms with van der Waals surface area (Å²) in [5, 5.41) is 9.65. The lowest BCUT2D eigenvalue weighted by Crippen LogP contribution is -2.51. The van der Waals surface area contributed by atoms with Gasteiger partial charge >= 0.3 is 6.01 Å². The molecule has 0 radical (unpaired) electrons. The van der Waals surface area contributed by atoms with E-state index in [9.17, 15) is 9.65 Å². The average molecular weight is 568 g/mol. The molecule has 10 heteroatoms.